The monoisotopic (exact) mass is 230 g/mol. The fourth-order valence-corrected chi connectivity index (χ4v) is 1.69. The highest BCUT2D eigenvalue weighted by molar-refractivity contribution is 6.38. The van der Waals surface area contributed by atoms with Gasteiger partial charge in [-0.3, -0.25) is 5.43 Å². The van der Waals surface area contributed by atoms with Crippen LogP contribution in [-0.4, -0.2) is 18.3 Å². The molecule has 1 N–H and O–H groups in total. The summed E-state index contributed by atoms with van der Waals surface area (Å²) in [6.07, 6.45) is 0.406. The lowest BCUT2D eigenvalue weighted by atomic mass is 10.0. The zero-order chi connectivity index (χ0) is 12.3. The first-order valence-electron chi connectivity index (χ1n) is 5.49. The first-order valence-corrected chi connectivity index (χ1v) is 5.49. The van der Waals surface area contributed by atoms with Crippen molar-refractivity contribution in [3.05, 3.63) is 36.4 Å². The first kappa shape index (κ1) is 11.4. The second kappa shape index (κ2) is 4.82. The van der Waals surface area contributed by atoms with E-state index in [4.69, 9.17) is 4.74 Å². The van der Waals surface area contributed by atoms with Gasteiger partial charge in [-0.25, -0.2) is 4.79 Å². The Morgan fingerprint density at radius 3 is 3.06 bits per heavy atom. The molecule has 1 aliphatic rings. The minimum atomic E-state index is -0.394. The molecule has 0 unspecified atom stereocenters. The van der Waals surface area contributed by atoms with Crippen molar-refractivity contribution in [3.63, 3.8) is 0 Å². The average Bonchev–Trinajstić information content (AvgIpc) is 2.50. The number of esters is 1. The Labute approximate surface area is 100.0 Å². The molecular formula is C13H14N2O2. The van der Waals surface area contributed by atoms with Gasteiger partial charge in [0, 0.05) is 12.0 Å². The predicted molar refractivity (Wildman–Crippen MR) is 67.8 cm³/mol. The Morgan fingerprint density at radius 2 is 2.29 bits per heavy atom. The summed E-state index contributed by atoms with van der Waals surface area (Å²) in [5, 5.41) is 4.06. The van der Waals surface area contributed by atoms with Crippen LogP contribution in [0.5, 0.6) is 0 Å². The zero-order valence-electron chi connectivity index (χ0n) is 9.69. The number of nitrogens with zero attached hydrogens (tertiary/aromatic N) is 1. The molecule has 2 rings (SSSR count). The van der Waals surface area contributed by atoms with Gasteiger partial charge in [0.25, 0.3) is 0 Å². The summed E-state index contributed by atoms with van der Waals surface area (Å²) in [7, 11) is 0. The van der Waals surface area contributed by atoms with Crippen LogP contribution in [-0.2, 0) is 9.53 Å². The van der Waals surface area contributed by atoms with Crippen molar-refractivity contribution >= 4 is 22.9 Å². The molecule has 88 valence electrons. The van der Waals surface area contributed by atoms with Gasteiger partial charge in [-0.15, -0.1) is 0 Å². The van der Waals surface area contributed by atoms with Gasteiger partial charge in [0.15, 0.2) is 0 Å². The van der Waals surface area contributed by atoms with Gasteiger partial charge in [-0.1, -0.05) is 24.8 Å². The number of hydrazone groups is 1. The van der Waals surface area contributed by atoms with Crippen LogP contribution in [0.4, 0.5) is 5.69 Å². The van der Waals surface area contributed by atoms with Crippen molar-refractivity contribution in [2.75, 3.05) is 12.0 Å². The lowest BCUT2D eigenvalue weighted by molar-refractivity contribution is -0.135. The number of carbonyl (C=O) groups is 1. The molecular weight excluding hydrogens is 216 g/mol. The largest absolute Gasteiger partial charge is 0.461 e. The molecule has 0 spiro atoms. The van der Waals surface area contributed by atoms with E-state index in [1.807, 2.05) is 24.3 Å². The quantitative estimate of drug-likeness (QED) is 0.794. The van der Waals surface area contributed by atoms with Crippen molar-refractivity contribution in [3.8, 4) is 0 Å². The number of para-hydroxylation sites is 1. The van der Waals surface area contributed by atoms with Crippen molar-refractivity contribution < 1.29 is 9.53 Å². The molecule has 0 atom stereocenters. The molecule has 0 amide bonds. The molecule has 0 fully saturated rings. The third-order valence-electron chi connectivity index (χ3n) is 2.51. The molecule has 0 saturated carbocycles. The Hall–Kier alpha value is -2.10. The molecule has 0 bridgehead atoms. The smallest absolute Gasteiger partial charge is 0.354 e. The molecule has 0 aromatic heterocycles. The van der Waals surface area contributed by atoms with E-state index in [2.05, 4.69) is 17.1 Å². The molecule has 17 heavy (non-hydrogen) atoms. The maximum atomic E-state index is 11.6. The zero-order valence-corrected chi connectivity index (χ0v) is 9.69. The number of allylic oxidation sites excluding steroid dienone is 1. The van der Waals surface area contributed by atoms with E-state index in [9.17, 15) is 4.79 Å². The maximum Gasteiger partial charge on any atom is 0.354 e. The van der Waals surface area contributed by atoms with Gasteiger partial charge < -0.3 is 4.74 Å². The summed E-state index contributed by atoms with van der Waals surface area (Å²) in [6.45, 7) is 6.09. The maximum absolute atomic E-state index is 11.6. The summed E-state index contributed by atoms with van der Waals surface area (Å²) in [4.78, 5) is 11.6. The topological polar surface area (TPSA) is 50.7 Å². The highest BCUT2D eigenvalue weighted by Crippen LogP contribution is 2.27. The van der Waals surface area contributed by atoms with Crippen LogP contribution >= 0.6 is 0 Å². The lowest BCUT2D eigenvalue weighted by Gasteiger charge is -2.06. The average molecular weight is 230 g/mol. The molecule has 1 aromatic rings. The second-order valence-corrected chi connectivity index (χ2v) is 3.72. The Bertz CT molecular complexity index is 492. The third-order valence-corrected chi connectivity index (χ3v) is 2.51. The highest BCUT2D eigenvalue weighted by Gasteiger charge is 2.19. The van der Waals surface area contributed by atoms with Crippen LogP contribution in [0, 0.1) is 0 Å². The number of ether oxygens (including phenoxy) is 1. The van der Waals surface area contributed by atoms with E-state index in [-0.39, 0.29) is 0 Å². The minimum absolute atomic E-state index is 0.345. The molecule has 1 heterocycles. The Kier molecular flexibility index (Phi) is 3.23. The first-order chi connectivity index (χ1) is 8.22. The number of carbonyl (C=O) groups excluding carboxylic acids is 1. The van der Waals surface area contributed by atoms with Crippen molar-refractivity contribution in [1.82, 2.24) is 0 Å². The summed E-state index contributed by atoms with van der Waals surface area (Å²) in [6, 6.07) is 7.69. The van der Waals surface area contributed by atoms with E-state index >= 15 is 0 Å². The van der Waals surface area contributed by atoms with Crippen LogP contribution in [0.15, 0.2) is 35.9 Å². The van der Waals surface area contributed by atoms with E-state index < -0.39 is 5.97 Å². The molecule has 0 radical (unpaired) electrons. The Morgan fingerprint density at radius 1 is 1.53 bits per heavy atom. The van der Waals surface area contributed by atoms with Crippen LogP contribution in [0.2, 0.25) is 0 Å². The van der Waals surface area contributed by atoms with Gasteiger partial charge in [0.2, 0.25) is 0 Å². The van der Waals surface area contributed by atoms with Crippen LogP contribution in [0.25, 0.3) is 5.57 Å². The van der Waals surface area contributed by atoms with Crippen molar-refractivity contribution in [1.29, 1.82) is 0 Å². The van der Waals surface area contributed by atoms with Gasteiger partial charge in [-0.2, -0.15) is 5.10 Å². The fraction of sp³-hybridized carbons (Fsp3) is 0.231. The second-order valence-electron chi connectivity index (χ2n) is 3.72. The molecule has 4 nitrogen and oxygen atoms in total. The van der Waals surface area contributed by atoms with Gasteiger partial charge in [0.05, 0.1) is 12.3 Å². The number of anilines is 1. The normalized spacial score (nSPS) is 14.2. The number of hydrogen-bond acceptors (Lipinski definition) is 4. The highest BCUT2D eigenvalue weighted by atomic mass is 16.5. The summed E-state index contributed by atoms with van der Waals surface area (Å²) >= 11 is 0. The molecule has 1 aliphatic heterocycles. The van der Waals surface area contributed by atoms with Crippen molar-refractivity contribution in [2.45, 2.75) is 13.3 Å². The van der Waals surface area contributed by atoms with Gasteiger partial charge >= 0.3 is 5.97 Å². The standard InChI is InChI=1S/C13H14N2O2/c1-3-17-13(16)12-8-9(2)10-6-4-5-7-11(10)14-15-12/h4-7,14H,2-3,8H2,1H3. The van der Waals surface area contributed by atoms with Crippen LogP contribution < -0.4 is 5.43 Å². The predicted octanol–water partition coefficient (Wildman–Crippen LogP) is 2.43. The number of fused-ring (bicyclic) bond motifs is 1. The molecule has 1 aromatic carbocycles. The van der Waals surface area contributed by atoms with E-state index in [1.54, 1.807) is 6.92 Å². The minimum Gasteiger partial charge on any atom is -0.461 e. The van der Waals surface area contributed by atoms with E-state index in [1.165, 1.54) is 0 Å². The molecule has 0 aliphatic carbocycles. The number of benzene rings is 1. The van der Waals surface area contributed by atoms with Crippen LogP contribution in [0.1, 0.15) is 18.9 Å². The van der Waals surface area contributed by atoms with Crippen LogP contribution in [0.3, 0.4) is 0 Å². The number of nitrogens with one attached hydrogen (secondary N) is 1. The van der Waals surface area contributed by atoms with Gasteiger partial charge in [-0.05, 0) is 18.6 Å². The third kappa shape index (κ3) is 2.36. The fourth-order valence-electron chi connectivity index (χ4n) is 1.69. The molecule has 4 heteroatoms. The summed E-state index contributed by atoms with van der Waals surface area (Å²) in [5.41, 5.74) is 5.92. The van der Waals surface area contributed by atoms with E-state index in [0.29, 0.717) is 18.7 Å². The van der Waals surface area contributed by atoms with Crippen molar-refractivity contribution in [2.24, 2.45) is 5.10 Å². The SMILES string of the molecule is C=C1CC(C(=O)OCC)=NNc2ccccc21. The summed E-state index contributed by atoms with van der Waals surface area (Å²) in [5.74, 6) is -0.394. The Balaban J connectivity index is 2.27. The summed E-state index contributed by atoms with van der Waals surface area (Å²) < 4.78 is 4.93. The van der Waals surface area contributed by atoms with E-state index in [0.717, 1.165) is 16.8 Å². The lowest BCUT2D eigenvalue weighted by Crippen LogP contribution is -2.18. The van der Waals surface area contributed by atoms with Gasteiger partial charge in [0.1, 0.15) is 5.71 Å². The molecule has 0 saturated heterocycles. The number of rotatable bonds is 2. The number of hydrogen-bond donors (Lipinski definition) is 1.